The fourth-order valence-electron chi connectivity index (χ4n) is 1.49. The normalized spacial score (nSPS) is 11.3. The Kier molecular flexibility index (Phi) is 3.78. The molecule has 1 aromatic carbocycles. The smallest absolute Gasteiger partial charge is 0.345 e. The number of carbonyl (C=O) groups is 1. The lowest BCUT2D eigenvalue weighted by molar-refractivity contribution is 0.0702. The van der Waals surface area contributed by atoms with Crippen molar-refractivity contribution in [3.05, 3.63) is 46.6 Å². The molecule has 0 atom stereocenters. The van der Waals surface area contributed by atoms with Gasteiger partial charge < -0.3 is 5.11 Å². The molecule has 0 spiro atoms. The predicted molar refractivity (Wildman–Crippen MR) is 73.2 cm³/mol. The van der Waals surface area contributed by atoms with Crippen LogP contribution in [-0.2, 0) is 10.0 Å². The zero-order valence-electron chi connectivity index (χ0n) is 10.3. The van der Waals surface area contributed by atoms with E-state index in [1.165, 1.54) is 37.3 Å². The minimum Gasteiger partial charge on any atom is -0.477 e. The van der Waals surface area contributed by atoms with E-state index in [0.717, 1.165) is 0 Å². The van der Waals surface area contributed by atoms with E-state index in [1.807, 2.05) is 0 Å². The number of nitrogens with one attached hydrogen (secondary N) is 1. The van der Waals surface area contributed by atoms with Gasteiger partial charge in [0.2, 0.25) is 0 Å². The molecule has 0 fully saturated rings. The predicted octanol–water partition coefficient (Wildman–Crippen LogP) is 2.69. The number of halogens is 1. The summed E-state index contributed by atoms with van der Waals surface area (Å²) >= 11 is 0.633. The molecule has 1 heterocycles. The third kappa shape index (κ3) is 2.81. The lowest BCUT2D eigenvalue weighted by atomic mass is 10.2. The Bertz CT molecular complexity index is 768. The molecule has 1 aromatic heterocycles. The Morgan fingerprint density at radius 1 is 1.30 bits per heavy atom. The fourth-order valence-corrected chi connectivity index (χ4v) is 3.76. The van der Waals surface area contributed by atoms with Crippen LogP contribution in [0.5, 0.6) is 0 Å². The summed E-state index contributed by atoms with van der Waals surface area (Å²) in [6.45, 7) is 1.45. The number of hydrogen-bond acceptors (Lipinski definition) is 4. The lowest BCUT2D eigenvalue weighted by Gasteiger charge is -2.09. The standard InChI is InChI=1S/C12H10FNO4S2/c1-7-8(13)3-2-4-9(7)14-20(17,18)11-6-5-10(19-11)12(15)16/h2-6,14H,1H3,(H,15,16). The highest BCUT2D eigenvalue weighted by Crippen LogP contribution is 2.26. The molecule has 0 unspecified atom stereocenters. The molecule has 0 saturated heterocycles. The minimum absolute atomic E-state index is 0.0821. The van der Waals surface area contributed by atoms with Crippen molar-refractivity contribution in [1.29, 1.82) is 0 Å². The molecule has 106 valence electrons. The van der Waals surface area contributed by atoms with Crippen molar-refractivity contribution in [1.82, 2.24) is 0 Å². The Balaban J connectivity index is 2.35. The first kappa shape index (κ1) is 14.5. The van der Waals surface area contributed by atoms with Gasteiger partial charge in [-0.1, -0.05) is 6.07 Å². The van der Waals surface area contributed by atoms with E-state index in [-0.39, 0.29) is 20.3 Å². The lowest BCUT2D eigenvalue weighted by Crippen LogP contribution is -2.12. The molecule has 2 aromatic rings. The number of carboxylic acid groups (broad SMARTS) is 1. The molecule has 0 aliphatic carbocycles. The summed E-state index contributed by atoms with van der Waals surface area (Å²) in [4.78, 5) is 10.7. The molecule has 2 N–H and O–H groups in total. The molecule has 0 amide bonds. The molecule has 8 heteroatoms. The van der Waals surface area contributed by atoms with Crippen molar-refractivity contribution in [2.45, 2.75) is 11.1 Å². The second-order valence-electron chi connectivity index (χ2n) is 3.94. The van der Waals surface area contributed by atoms with Crippen LogP contribution in [0.15, 0.2) is 34.5 Å². The first-order chi connectivity index (χ1) is 9.31. The van der Waals surface area contributed by atoms with Gasteiger partial charge in [0.05, 0.1) is 5.69 Å². The average Bonchev–Trinajstić information content (AvgIpc) is 2.85. The maximum atomic E-state index is 13.4. The summed E-state index contributed by atoms with van der Waals surface area (Å²) in [6, 6.07) is 6.45. The molecular formula is C12H10FNO4S2. The van der Waals surface area contributed by atoms with E-state index in [9.17, 15) is 17.6 Å². The van der Waals surface area contributed by atoms with E-state index >= 15 is 0 Å². The highest BCUT2D eigenvalue weighted by Gasteiger charge is 2.20. The summed E-state index contributed by atoms with van der Waals surface area (Å²) in [5.41, 5.74) is 0.293. The van der Waals surface area contributed by atoms with Gasteiger partial charge in [0.1, 0.15) is 14.9 Å². The van der Waals surface area contributed by atoms with Gasteiger partial charge in [-0.25, -0.2) is 17.6 Å². The van der Waals surface area contributed by atoms with Crippen LogP contribution in [-0.4, -0.2) is 19.5 Å². The van der Waals surface area contributed by atoms with Gasteiger partial charge in [0.25, 0.3) is 10.0 Å². The second-order valence-corrected chi connectivity index (χ2v) is 6.93. The number of rotatable bonds is 4. The quantitative estimate of drug-likeness (QED) is 0.908. The van der Waals surface area contributed by atoms with E-state index in [1.54, 1.807) is 0 Å². The molecule has 0 radical (unpaired) electrons. The maximum absolute atomic E-state index is 13.4. The molecule has 0 aliphatic heterocycles. The Hall–Kier alpha value is -1.93. The molecule has 2 rings (SSSR count). The van der Waals surface area contributed by atoms with Gasteiger partial charge in [-0.2, -0.15) is 0 Å². The van der Waals surface area contributed by atoms with E-state index in [0.29, 0.717) is 11.3 Å². The Labute approximate surface area is 118 Å². The highest BCUT2D eigenvalue weighted by molar-refractivity contribution is 7.94. The minimum atomic E-state index is -3.93. The summed E-state index contributed by atoms with van der Waals surface area (Å²) < 4.78 is 39.6. The van der Waals surface area contributed by atoms with Crippen molar-refractivity contribution in [3.8, 4) is 0 Å². The first-order valence-corrected chi connectivity index (χ1v) is 7.72. The van der Waals surface area contributed by atoms with Crippen LogP contribution in [0.3, 0.4) is 0 Å². The largest absolute Gasteiger partial charge is 0.477 e. The molecule has 0 aliphatic rings. The number of aromatic carboxylic acids is 1. The van der Waals surface area contributed by atoms with Crippen LogP contribution in [0.25, 0.3) is 0 Å². The number of benzene rings is 1. The SMILES string of the molecule is Cc1c(F)cccc1NS(=O)(=O)c1ccc(C(=O)O)s1. The second kappa shape index (κ2) is 5.22. The van der Waals surface area contributed by atoms with Crippen LogP contribution in [0, 0.1) is 12.7 Å². The zero-order valence-corrected chi connectivity index (χ0v) is 11.9. The van der Waals surface area contributed by atoms with Gasteiger partial charge in [0.15, 0.2) is 0 Å². The van der Waals surface area contributed by atoms with Crippen molar-refractivity contribution in [2.24, 2.45) is 0 Å². The van der Waals surface area contributed by atoms with Crippen LogP contribution in [0.4, 0.5) is 10.1 Å². The van der Waals surface area contributed by atoms with Gasteiger partial charge in [-0.3, -0.25) is 4.72 Å². The van der Waals surface area contributed by atoms with Crippen LogP contribution < -0.4 is 4.72 Å². The average molecular weight is 315 g/mol. The molecule has 5 nitrogen and oxygen atoms in total. The third-order valence-electron chi connectivity index (χ3n) is 2.57. The topological polar surface area (TPSA) is 83.5 Å². The van der Waals surface area contributed by atoms with E-state index < -0.39 is 21.8 Å². The number of sulfonamides is 1. The van der Waals surface area contributed by atoms with Crippen molar-refractivity contribution >= 4 is 33.0 Å². The summed E-state index contributed by atoms with van der Waals surface area (Å²) in [6.07, 6.45) is 0. The zero-order chi connectivity index (χ0) is 14.9. The van der Waals surface area contributed by atoms with Gasteiger partial charge in [0, 0.05) is 5.56 Å². The Morgan fingerprint density at radius 2 is 2.00 bits per heavy atom. The van der Waals surface area contributed by atoms with Crippen molar-refractivity contribution in [2.75, 3.05) is 4.72 Å². The van der Waals surface area contributed by atoms with Gasteiger partial charge >= 0.3 is 5.97 Å². The van der Waals surface area contributed by atoms with Crippen molar-refractivity contribution in [3.63, 3.8) is 0 Å². The van der Waals surface area contributed by atoms with Crippen LogP contribution >= 0.6 is 11.3 Å². The molecule has 0 bridgehead atoms. The highest BCUT2D eigenvalue weighted by atomic mass is 32.2. The van der Waals surface area contributed by atoms with Crippen LogP contribution in [0.2, 0.25) is 0 Å². The van der Waals surface area contributed by atoms with E-state index in [4.69, 9.17) is 5.11 Å². The number of hydrogen-bond donors (Lipinski definition) is 2. The third-order valence-corrected chi connectivity index (χ3v) is 5.50. The fraction of sp³-hybridized carbons (Fsp3) is 0.0833. The molecule has 20 heavy (non-hydrogen) atoms. The summed E-state index contributed by atoms with van der Waals surface area (Å²) in [5, 5.41) is 8.78. The summed E-state index contributed by atoms with van der Waals surface area (Å²) in [5.74, 6) is -1.72. The number of carboxylic acids is 1. The number of anilines is 1. The monoisotopic (exact) mass is 315 g/mol. The first-order valence-electron chi connectivity index (χ1n) is 5.42. The van der Waals surface area contributed by atoms with Gasteiger partial charge in [-0.15, -0.1) is 11.3 Å². The number of thiophene rings is 1. The molecular weight excluding hydrogens is 305 g/mol. The Morgan fingerprint density at radius 3 is 2.60 bits per heavy atom. The van der Waals surface area contributed by atoms with E-state index in [2.05, 4.69) is 4.72 Å². The summed E-state index contributed by atoms with van der Waals surface area (Å²) in [7, 11) is -3.93. The maximum Gasteiger partial charge on any atom is 0.345 e. The van der Waals surface area contributed by atoms with Crippen molar-refractivity contribution < 1.29 is 22.7 Å². The van der Waals surface area contributed by atoms with Crippen LogP contribution in [0.1, 0.15) is 15.2 Å². The van der Waals surface area contributed by atoms with Gasteiger partial charge in [-0.05, 0) is 31.2 Å². The molecule has 0 saturated carbocycles.